The summed E-state index contributed by atoms with van der Waals surface area (Å²) in [6.45, 7) is 0.493. The molecule has 2 heterocycles. The summed E-state index contributed by atoms with van der Waals surface area (Å²) < 4.78 is 23.5. The summed E-state index contributed by atoms with van der Waals surface area (Å²) in [7, 11) is 0. The third-order valence-corrected chi connectivity index (χ3v) is 3.91. The van der Waals surface area contributed by atoms with Crippen LogP contribution in [0.2, 0.25) is 0 Å². The SMILES string of the molecule is O=C(NCc1ccc(F)cc1)c1cnc(Nc2ccc3c(c2)OCO3)nc1. The van der Waals surface area contributed by atoms with E-state index in [1.54, 1.807) is 24.3 Å². The lowest BCUT2D eigenvalue weighted by Crippen LogP contribution is -2.23. The molecule has 1 aliphatic rings. The van der Waals surface area contributed by atoms with Crippen molar-refractivity contribution >= 4 is 17.5 Å². The van der Waals surface area contributed by atoms with Crippen molar-refractivity contribution in [3.05, 3.63) is 71.8 Å². The van der Waals surface area contributed by atoms with Crippen LogP contribution >= 0.6 is 0 Å². The number of amides is 1. The Hall–Kier alpha value is -3.68. The highest BCUT2D eigenvalue weighted by Gasteiger charge is 2.14. The second-order valence-corrected chi connectivity index (χ2v) is 5.80. The van der Waals surface area contributed by atoms with Gasteiger partial charge in [0, 0.05) is 30.7 Å². The van der Waals surface area contributed by atoms with Crippen LogP contribution in [0.1, 0.15) is 15.9 Å². The van der Waals surface area contributed by atoms with Crippen LogP contribution in [0.3, 0.4) is 0 Å². The van der Waals surface area contributed by atoms with E-state index in [0.29, 0.717) is 23.0 Å². The lowest BCUT2D eigenvalue weighted by atomic mass is 10.2. The molecule has 2 aromatic carbocycles. The molecule has 1 amide bonds. The van der Waals surface area contributed by atoms with E-state index in [1.165, 1.54) is 24.5 Å². The van der Waals surface area contributed by atoms with E-state index in [4.69, 9.17) is 9.47 Å². The molecule has 0 saturated carbocycles. The van der Waals surface area contributed by atoms with E-state index in [1.807, 2.05) is 6.07 Å². The Morgan fingerprint density at radius 3 is 2.56 bits per heavy atom. The Morgan fingerprint density at radius 2 is 1.78 bits per heavy atom. The lowest BCUT2D eigenvalue weighted by Gasteiger charge is -2.07. The number of rotatable bonds is 5. The molecule has 7 nitrogen and oxygen atoms in total. The first-order valence-corrected chi connectivity index (χ1v) is 8.19. The molecule has 1 aromatic heterocycles. The number of hydrogen-bond acceptors (Lipinski definition) is 6. The summed E-state index contributed by atoms with van der Waals surface area (Å²) in [4.78, 5) is 20.5. The van der Waals surface area contributed by atoms with Gasteiger partial charge >= 0.3 is 0 Å². The number of hydrogen-bond donors (Lipinski definition) is 2. The zero-order chi connectivity index (χ0) is 18.6. The quantitative estimate of drug-likeness (QED) is 0.722. The van der Waals surface area contributed by atoms with Gasteiger partial charge in [0.1, 0.15) is 5.82 Å². The van der Waals surface area contributed by atoms with Gasteiger partial charge in [0.25, 0.3) is 5.91 Å². The zero-order valence-corrected chi connectivity index (χ0v) is 14.1. The molecule has 0 radical (unpaired) electrons. The number of ether oxygens (including phenoxy) is 2. The summed E-state index contributed by atoms with van der Waals surface area (Å²) in [6, 6.07) is 11.3. The largest absolute Gasteiger partial charge is 0.454 e. The minimum absolute atomic E-state index is 0.205. The fourth-order valence-corrected chi connectivity index (χ4v) is 2.50. The van der Waals surface area contributed by atoms with Gasteiger partial charge in [0.2, 0.25) is 12.7 Å². The smallest absolute Gasteiger partial charge is 0.254 e. The Morgan fingerprint density at radius 1 is 1.04 bits per heavy atom. The fourth-order valence-electron chi connectivity index (χ4n) is 2.50. The van der Waals surface area contributed by atoms with E-state index in [2.05, 4.69) is 20.6 Å². The van der Waals surface area contributed by atoms with E-state index < -0.39 is 0 Å². The topological polar surface area (TPSA) is 85.4 Å². The second kappa shape index (κ2) is 7.28. The van der Waals surface area contributed by atoms with Crippen LogP contribution in [0.5, 0.6) is 11.5 Å². The van der Waals surface area contributed by atoms with Crippen LogP contribution in [0.25, 0.3) is 0 Å². The van der Waals surface area contributed by atoms with Crippen LogP contribution in [-0.4, -0.2) is 22.7 Å². The average Bonchev–Trinajstić information content (AvgIpc) is 3.16. The molecule has 4 rings (SSSR count). The number of fused-ring (bicyclic) bond motifs is 1. The molecule has 8 heteroatoms. The Balaban J connectivity index is 1.36. The van der Waals surface area contributed by atoms with Crippen LogP contribution in [0.4, 0.5) is 16.0 Å². The zero-order valence-electron chi connectivity index (χ0n) is 14.1. The number of carbonyl (C=O) groups is 1. The fraction of sp³-hybridized carbons (Fsp3) is 0.105. The number of halogens is 1. The van der Waals surface area contributed by atoms with Gasteiger partial charge in [0.15, 0.2) is 11.5 Å². The molecule has 0 unspecified atom stereocenters. The van der Waals surface area contributed by atoms with E-state index in [-0.39, 0.29) is 25.1 Å². The first-order chi connectivity index (χ1) is 13.2. The maximum absolute atomic E-state index is 12.9. The Bertz CT molecular complexity index is 962. The van der Waals surface area contributed by atoms with Crippen molar-refractivity contribution in [2.75, 3.05) is 12.1 Å². The van der Waals surface area contributed by atoms with Crippen LogP contribution in [-0.2, 0) is 6.54 Å². The van der Waals surface area contributed by atoms with Crippen LogP contribution in [0.15, 0.2) is 54.9 Å². The molecule has 0 saturated heterocycles. The molecule has 0 fully saturated rings. The van der Waals surface area contributed by atoms with Gasteiger partial charge in [-0.1, -0.05) is 12.1 Å². The number of carbonyl (C=O) groups excluding carboxylic acids is 1. The summed E-state index contributed by atoms with van der Waals surface area (Å²) in [5.41, 5.74) is 1.87. The van der Waals surface area contributed by atoms with Gasteiger partial charge in [-0.2, -0.15) is 0 Å². The minimum Gasteiger partial charge on any atom is -0.454 e. The van der Waals surface area contributed by atoms with Gasteiger partial charge in [0.05, 0.1) is 5.56 Å². The molecule has 0 spiro atoms. The number of anilines is 2. The third kappa shape index (κ3) is 3.95. The molecular weight excluding hydrogens is 351 g/mol. The van der Waals surface area contributed by atoms with Crippen molar-refractivity contribution in [2.24, 2.45) is 0 Å². The monoisotopic (exact) mass is 366 g/mol. The first-order valence-electron chi connectivity index (χ1n) is 8.19. The molecule has 2 N–H and O–H groups in total. The van der Waals surface area contributed by atoms with Gasteiger partial charge in [-0.15, -0.1) is 0 Å². The minimum atomic E-state index is -0.316. The molecule has 0 bridgehead atoms. The molecule has 136 valence electrons. The highest BCUT2D eigenvalue weighted by atomic mass is 19.1. The van der Waals surface area contributed by atoms with Gasteiger partial charge < -0.3 is 20.1 Å². The molecule has 0 aliphatic carbocycles. The molecule has 3 aromatic rings. The maximum atomic E-state index is 12.9. The first kappa shape index (κ1) is 16.8. The van der Waals surface area contributed by atoms with Crippen molar-refractivity contribution in [2.45, 2.75) is 6.54 Å². The van der Waals surface area contributed by atoms with Crippen molar-refractivity contribution in [1.29, 1.82) is 0 Å². The van der Waals surface area contributed by atoms with Crippen LogP contribution < -0.4 is 20.1 Å². The Labute approximate surface area is 154 Å². The summed E-state index contributed by atoms with van der Waals surface area (Å²) in [6.07, 6.45) is 2.87. The highest BCUT2D eigenvalue weighted by Crippen LogP contribution is 2.34. The molecule has 27 heavy (non-hydrogen) atoms. The summed E-state index contributed by atoms with van der Waals surface area (Å²) in [5, 5.41) is 5.78. The van der Waals surface area contributed by atoms with Gasteiger partial charge in [-0.3, -0.25) is 4.79 Å². The second-order valence-electron chi connectivity index (χ2n) is 5.80. The van der Waals surface area contributed by atoms with E-state index in [9.17, 15) is 9.18 Å². The lowest BCUT2D eigenvalue weighted by molar-refractivity contribution is 0.0950. The number of nitrogens with one attached hydrogen (secondary N) is 2. The van der Waals surface area contributed by atoms with Crippen molar-refractivity contribution in [1.82, 2.24) is 15.3 Å². The number of benzene rings is 2. The third-order valence-electron chi connectivity index (χ3n) is 3.91. The van der Waals surface area contributed by atoms with Gasteiger partial charge in [-0.05, 0) is 29.8 Å². The molecular formula is C19H15FN4O3. The highest BCUT2D eigenvalue weighted by molar-refractivity contribution is 5.93. The van der Waals surface area contributed by atoms with E-state index in [0.717, 1.165) is 11.3 Å². The standard InChI is InChI=1S/C19H15FN4O3/c20-14-3-1-12(2-4-14)8-21-18(25)13-9-22-19(23-10-13)24-15-5-6-16-17(7-15)27-11-26-16/h1-7,9-10H,8,11H2,(H,21,25)(H,22,23,24). The van der Waals surface area contributed by atoms with Crippen LogP contribution in [0, 0.1) is 5.82 Å². The average molecular weight is 366 g/mol. The Kier molecular flexibility index (Phi) is 4.52. The predicted octanol–water partition coefficient (Wildman–Crippen LogP) is 3.02. The van der Waals surface area contributed by atoms with E-state index >= 15 is 0 Å². The predicted molar refractivity (Wildman–Crippen MR) is 95.4 cm³/mol. The van der Waals surface area contributed by atoms with Crippen molar-refractivity contribution in [3.8, 4) is 11.5 Å². The number of aromatic nitrogens is 2. The normalized spacial score (nSPS) is 11.9. The molecule has 1 aliphatic heterocycles. The summed E-state index contributed by atoms with van der Waals surface area (Å²) >= 11 is 0. The van der Waals surface area contributed by atoms with Gasteiger partial charge in [-0.25, -0.2) is 14.4 Å². The number of nitrogens with zero attached hydrogens (tertiary/aromatic N) is 2. The summed E-state index contributed by atoms with van der Waals surface area (Å²) in [5.74, 6) is 1.06. The van der Waals surface area contributed by atoms with Crippen molar-refractivity contribution < 1.29 is 18.7 Å². The maximum Gasteiger partial charge on any atom is 0.254 e. The molecule has 0 atom stereocenters. The van der Waals surface area contributed by atoms with Crippen molar-refractivity contribution in [3.63, 3.8) is 0 Å².